The summed E-state index contributed by atoms with van der Waals surface area (Å²) in [6.45, 7) is 4.19. The van der Waals surface area contributed by atoms with Gasteiger partial charge >= 0.3 is 0 Å². The number of hydrogen-bond acceptors (Lipinski definition) is 7. The summed E-state index contributed by atoms with van der Waals surface area (Å²) in [5.41, 5.74) is 2.63. The molecule has 2 heterocycles. The molecule has 1 amide bonds. The molecule has 4 aromatic rings. The zero-order chi connectivity index (χ0) is 22.0. The number of ether oxygens (including phenoxy) is 1. The zero-order valence-corrected chi connectivity index (χ0v) is 17.7. The lowest BCUT2D eigenvalue weighted by atomic mass is 10.1. The van der Waals surface area contributed by atoms with E-state index in [2.05, 4.69) is 15.5 Å². The standard InChI is InChI=1S/C21H19N5O4S/c1-3-30-14-8-9-16(18(11-14)26(28)29)22-20(27)12-31-21-24-23-19-10-13(2)15-6-4-5-7-17(15)25(19)21/h4-11H,3,12H2,1-2H3,(H,22,27). The predicted octanol–water partition coefficient (Wildman–Crippen LogP) is 4.23. The Kier molecular flexibility index (Phi) is 5.72. The molecule has 31 heavy (non-hydrogen) atoms. The van der Waals surface area contributed by atoms with E-state index in [-0.39, 0.29) is 23.0 Å². The Hall–Kier alpha value is -3.66. The summed E-state index contributed by atoms with van der Waals surface area (Å²) >= 11 is 1.21. The van der Waals surface area contributed by atoms with Gasteiger partial charge in [-0.2, -0.15) is 0 Å². The summed E-state index contributed by atoms with van der Waals surface area (Å²) in [5, 5.41) is 24.1. The van der Waals surface area contributed by atoms with Crippen LogP contribution in [-0.4, -0.2) is 37.8 Å². The monoisotopic (exact) mass is 437 g/mol. The molecule has 0 atom stereocenters. The third-order valence-electron chi connectivity index (χ3n) is 4.66. The molecule has 0 aliphatic carbocycles. The van der Waals surface area contributed by atoms with Crippen LogP contribution in [0.25, 0.3) is 16.6 Å². The number of nitro benzene ring substituents is 1. The summed E-state index contributed by atoms with van der Waals surface area (Å²) in [7, 11) is 0. The topological polar surface area (TPSA) is 112 Å². The van der Waals surface area contributed by atoms with Crippen LogP contribution >= 0.6 is 11.8 Å². The highest BCUT2D eigenvalue weighted by Crippen LogP contribution is 2.30. The fraction of sp³-hybridized carbons (Fsp3) is 0.190. The van der Waals surface area contributed by atoms with Crippen molar-refractivity contribution in [1.82, 2.24) is 14.6 Å². The van der Waals surface area contributed by atoms with E-state index in [9.17, 15) is 14.9 Å². The second-order valence-electron chi connectivity index (χ2n) is 6.73. The zero-order valence-electron chi connectivity index (χ0n) is 16.9. The molecule has 0 aliphatic rings. The first-order valence-electron chi connectivity index (χ1n) is 9.55. The Morgan fingerprint density at radius 1 is 1.23 bits per heavy atom. The van der Waals surface area contributed by atoms with E-state index in [1.54, 1.807) is 13.0 Å². The highest BCUT2D eigenvalue weighted by molar-refractivity contribution is 7.99. The fourth-order valence-electron chi connectivity index (χ4n) is 3.31. The second-order valence-corrected chi connectivity index (χ2v) is 7.67. The van der Waals surface area contributed by atoms with Crippen molar-refractivity contribution >= 4 is 45.6 Å². The van der Waals surface area contributed by atoms with E-state index >= 15 is 0 Å². The largest absolute Gasteiger partial charge is 0.494 e. The number of benzene rings is 2. The van der Waals surface area contributed by atoms with Gasteiger partial charge in [0.25, 0.3) is 5.69 Å². The molecule has 9 nitrogen and oxygen atoms in total. The number of thioether (sulfide) groups is 1. The third-order valence-corrected chi connectivity index (χ3v) is 5.59. The SMILES string of the molecule is CCOc1ccc(NC(=O)CSc2nnc3cc(C)c4ccccc4n23)c([N+](=O)[O-])c1. The van der Waals surface area contributed by atoms with Crippen molar-refractivity contribution in [3.63, 3.8) is 0 Å². The number of nitrogens with one attached hydrogen (secondary N) is 1. The third kappa shape index (κ3) is 4.15. The smallest absolute Gasteiger partial charge is 0.296 e. The van der Waals surface area contributed by atoms with Gasteiger partial charge in [-0.25, -0.2) is 0 Å². The molecular formula is C21H19N5O4S. The number of carbonyl (C=O) groups is 1. The van der Waals surface area contributed by atoms with Gasteiger partial charge in [0.2, 0.25) is 5.91 Å². The van der Waals surface area contributed by atoms with Crippen LogP contribution in [0.1, 0.15) is 12.5 Å². The van der Waals surface area contributed by atoms with E-state index in [1.807, 2.05) is 41.7 Å². The molecule has 0 spiro atoms. The minimum absolute atomic E-state index is 0.0212. The van der Waals surface area contributed by atoms with Crippen LogP contribution in [0.3, 0.4) is 0 Å². The Bertz CT molecular complexity index is 1300. The molecule has 0 fully saturated rings. The van der Waals surface area contributed by atoms with Crippen LogP contribution in [0.4, 0.5) is 11.4 Å². The van der Waals surface area contributed by atoms with Crippen LogP contribution < -0.4 is 10.1 Å². The molecule has 10 heteroatoms. The molecule has 158 valence electrons. The molecule has 2 aromatic heterocycles. The van der Waals surface area contributed by atoms with Gasteiger partial charge in [0.05, 0.1) is 28.9 Å². The van der Waals surface area contributed by atoms with Crippen molar-refractivity contribution in [1.29, 1.82) is 0 Å². The van der Waals surface area contributed by atoms with Gasteiger partial charge in [0, 0.05) is 5.39 Å². The van der Waals surface area contributed by atoms with E-state index in [0.717, 1.165) is 16.5 Å². The molecule has 2 aromatic carbocycles. The van der Waals surface area contributed by atoms with Crippen LogP contribution in [0.5, 0.6) is 5.75 Å². The van der Waals surface area contributed by atoms with Crippen LogP contribution in [0, 0.1) is 17.0 Å². The fourth-order valence-corrected chi connectivity index (χ4v) is 4.06. The van der Waals surface area contributed by atoms with E-state index in [1.165, 1.54) is 23.9 Å². The first-order valence-corrected chi connectivity index (χ1v) is 10.5. The van der Waals surface area contributed by atoms with Gasteiger partial charge in [0.1, 0.15) is 11.4 Å². The number of nitro groups is 1. The van der Waals surface area contributed by atoms with Crippen molar-refractivity contribution in [2.45, 2.75) is 19.0 Å². The molecule has 0 saturated heterocycles. The molecule has 0 radical (unpaired) electrons. The molecule has 1 N–H and O–H groups in total. The number of para-hydroxylation sites is 1. The number of rotatable bonds is 7. The minimum Gasteiger partial charge on any atom is -0.494 e. The summed E-state index contributed by atoms with van der Waals surface area (Å²) in [6, 6.07) is 14.2. The summed E-state index contributed by atoms with van der Waals surface area (Å²) in [6.07, 6.45) is 0. The van der Waals surface area contributed by atoms with E-state index < -0.39 is 4.92 Å². The molecular weight excluding hydrogens is 418 g/mol. The summed E-state index contributed by atoms with van der Waals surface area (Å²) in [4.78, 5) is 23.3. The molecule has 4 rings (SSSR count). The van der Waals surface area contributed by atoms with Gasteiger partial charge in [-0.3, -0.25) is 19.3 Å². The summed E-state index contributed by atoms with van der Waals surface area (Å²) < 4.78 is 7.20. The predicted molar refractivity (Wildman–Crippen MR) is 119 cm³/mol. The first-order chi connectivity index (χ1) is 15.0. The molecule has 0 bridgehead atoms. The molecule has 0 unspecified atom stereocenters. The lowest BCUT2D eigenvalue weighted by Crippen LogP contribution is -2.15. The Morgan fingerprint density at radius 2 is 2.03 bits per heavy atom. The van der Waals surface area contributed by atoms with Crippen molar-refractivity contribution in [2.24, 2.45) is 0 Å². The number of carbonyl (C=O) groups excluding carboxylic acids is 1. The van der Waals surface area contributed by atoms with Gasteiger partial charge < -0.3 is 10.1 Å². The number of amides is 1. The van der Waals surface area contributed by atoms with Gasteiger partial charge in [0.15, 0.2) is 10.8 Å². The number of hydrogen-bond donors (Lipinski definition) is 1. The normalized spacial score (nSPS) is 11.0. The maximum Gasteiger partial charge on any atom is 0.296 e. The van der Waals surface area contributed by atoms with Crippen LogP contribution in [-0.2, 0) is 4.79 Å². The van der Waals surface area contributed by atoms with Crippen LogP contribution in [0.15, 0.2) is 53.7 Å². The van der Waals surface area contributed by atoms with E-state index in [0.29, 0.717) is 23.2 Å². The first kappa shape index (κ1) is 20.6. The number of aryl methyl sites for hydroxylation is 1. The Labute approximate surface area is 181 Å². The van der Waals surface area contributed by atoms with Crippen LogP contribution in [0.2, 0.25) is 0 Å². The average Bonchev–Trinajstić information content (AvgIpc) is 3.16. The highest BCUT2D eigenvalue weighted by atomic mass is 32.2. The lowest BCUT2D eigenvalue weighted by molar-refractivity contribution is -0.384. The van der Waals surface area contributed by atoms with Crippen molar-refractivity contribution in [2.75, 3.05) is 17.7 Å². The Balaban J connectivity index is 1.54. The van der Waals surface area contributed by atoms with Crippen molar-refractivity contribution in [3.8, 4) is 5.75 Å². The van der Waals surface area contributed by atoms with Gasteiger partial charge in [-0.15, -0.1) is 10.2 Å². The van der Waals surface area contributed by atoms with Gasteiger partial charge in [-0.05, 0) is 43.7 Å². The summed E-state index contributed by atoms with van der Waals surface area (Å²) in [5.74, 6) is 0.0111. The van der Waals surface area contributed by atoms with Gasteiger partial charge in [-0.1, -0.05) is 30.0 Å². The Morgan fingerprint density at radius 3 is 2.81 bits per heavy atom. The maximum absolute atomic E-state index is 12.5. The van der Waals surface area contributed by atoms with E-state index in [4.69, 9.17) is 4.74 Å². The number of pyridine rings is 1. The molecule has 0 saturated carbocycles. The highest BCUT2D eigenvalue weighted by Gasteiger charge is 2.18. The average molecular weight is 437 g/mol. The minimum atomic E-state index is -0.550. The number of fused-ring (bicyclic) bond motifs is 3. The second kappa shape index (κ2) is 8.60. The maximum atomic E-state index is 12.5. The number of anilines is 1. The van der Waals surface area contributed by atoms with Crippen molar-refractivity contribution < 1.29 is 14.5 Å². The lowest BCUT2D eigenvalue weighted by Gasteiger charge is -2.09. The number of nitrogens with zero attached hydrogens (tertiary/aromatic N) is 4. The quantitative estimate of drug-likeness (QED) is 0.262. The molecule has 0 aliphatic heterocycles. The van der Waals surface area contributed by atoms with Crippen molar-refractivity contribution in [3.05, 3.63) is 64.2 Å². The number of aromatic nitrogens is 3.